The standard InChI is InChI=1S/C60H116O6/c1-5-7-9-11-13-15-17-18-19-20-21-26-29-33-37-41-45-49-53-60(63)66-57(54-64-58(61)51-47-43-39-35-30-16-14-12-10-8-6-2)55-65-59(62)52-48-44-40-36-32-28-25-23-22-24-27-31-34-38-42-46-50-56(3)4/h56-57H,5-55H2,1-4H3/t57-/m1/s1. The average Bonchev–Trinajstić information content (AvgIpc) is 3.30. The molecule has 0 rings (SSSR count). The van der Waals surface area contributed by atoms with Crippen LogP contribution in [0.3, 0.4) is 0 Å². The minimum atomic E-state index is -0.761. The van der Waals surface area contributed by atoms with Gasteiger partial charge in [-0.15, -0.1) is 0 Å². The third kappa shape index (κ3) is 53.4. The second-order valence-electron chi connectivity index (χ2n) is 21.1. The van der Waals surface area contributed by atoms with Crippen molar-refractivity contribution in [3.63, 3.8) is 0 Å². The predicted octanol–water partition coefficient (Wildman–Crippen LogP) is 19.8. The third-order valence-electron chi connectivity index (χ3n) is 13.8. The number of hydrogen-bond donors (Lipinski definition) is 0. The van der Waals surface area contributed by atoms with Crippen LogP contribution in [0.15, 0.2) is 0 Å². The zero-order valence-electron chi connectivity index (χ0n) is 45.2. The van der Waals surface area contributed by atoms with Gasteiger partial charge in [0.25, 0.3) is 0 Å². The van der Waals surface area contributed by atoms with Gasteiger partial charge in [-0.1, -0.05) is 304 Å². The van der Waals surface area contributed by atoms with Crippen molar-refractivity contribution in [3.8, 4) is 0 Å². The zero-order chi connectivity index (χ0) is 48.1. The quantitative estimate of drug-likeness (QED) is 0.0343. The summed E-state index contributed by atoms with van der Waals surface area (Å²) in [5.41, 5.74) is 0. The molecule has 0 aromatic heterocycles. The summed E-state index contributed by atoms with van der Waals surface area (Å²) in [7, 11) is 0. The molecular formula is C60H116O6. The predicted molar refractivity (Wildman–Crippen MR) is 284 cm³/mol. The highest BCUT2D eigenvalue weighted by atomic mass is 16.6. The molecule has 0 fully saturated rings. The molecule has 6 heteroatoms. The first-order valence-electron chi connectivity index (χ1n) is 29.9. The molecule has 0 aliphatic rings. The molecule has 0 N–H and O–H groups in total. The van der Waals surface area contributed by atoms with Gasteiger partial charge in [-0.25, -0.2) is 0 Å². The lowest BCUT2D eigenvalue weighted by Gasteiger charge is -2.18. The van der Waals surface area contributed by atoms with Gasteiger partial charge >= 0.3 is 17.9 Å². The Balaban J connectivity index is 4.24. The number of esters is 3. The van der Waals surface area contributed by atoms with Crippen molar-refractivity contribution in [2.45, 2.75) is 348 Å². The van der Waals surface area contributed by atoms with Crippen molar-refractivity contribution >= 4 is 17.9 Å². The molecule has 0 heterocycles. The summed E-state index contributed by atoms with van der Waals surface area (Å²) >= 11 is 0. The monoisotopic (exact) mass is 933 g/mol. The molecule has 0 aromatic rings. The second kappa shape index (κ2) is 54.4. The summed E-state index contributed by atoms with van der Waals surface area (Å²) in [6, 6.07) is 0. The van der Waals surface area contributed by atoms with Crippen LogP contribution in [-0.4, -0.2) is 37.2 Å². The smallest absolute Gasteiger partial charge is 0.306 e. The molecule has 0 aromatic carbocycles. The van der Waals surface area contributed by atoms with Crippen LogP contribution in [0.25, 0.3) is 0 Å². The van der Waals surface area contributed by atoms with Gasteiger partial charge in [-0.2, -0.15) is 0 Å². The van der Waals surface area contributed by atoms with Crippen molar-refractivity contribution in [2.24, 2.45) is 5.92 Å². The van der Waals surface area contributed by atoms with Crippen LogP contribution in [-0.2, 0) is 28.6 Å². The summed E-state index contributed by atoms with van der Waals surface area (Å²) in [4.78, 5) is 38.1. The van der Waals surface area contributed by atoms with Crippen LogP contribution >= 0.6 is 0 Å². The molecule has 0 radical (unpaired) electrons. The highest BCUT2D eigenvalue weighted by Crippen LogP contribution is 2.18. The minimum Gasteiger partial charge on any atom is -0.462 e. The molecule has 0 amide bonds. The maximum Gasteiger partial charge on any atom is 0.306 e. The number of carbonyl (C=O) groups excluding carboxylic acids is 3. The topological polar surface area (TPSA) is 78.9 Å². The van der Waals surface area contributed by atoms with E-state index in [1.165, 1.54) is 238 Å². The Kier molecular flexibility index (Phi) is 53.0. The normalized spacial score (nSPS) is 12.0. The molecule has 0 aliphatic heterocycles. The van der Waals surface area contributed by atoms with E-state index in [9.17, 15) is 14.4 Å². The average molecular weight is 934 g/mol. The maximum atomic E-state index is 12.9. The van der Waals surface area contributed by atoms with E-state index < -0.39 is 6.10 Å². The minimum absolute atomic E-state index is 0.0616. The molecule has 0 unspecified atom stereocenters. The lowest BCUT2D eigenvalue weighted by molar-refractivity contribution is -0.167. The summed E-state index contributed by atoms with van der Waals surface area (Å²) in [5, 5.41) is 0. The SMILES string of the molecule is CCCCCCCCCCCCCCCCCCCCC(=O)O[C@H](COC(=O)CCCCCCCCCCCCC)COC(=O)CCCCCCCCCCCCCCCCCCC(C)C. The fraction of sp³-hybridized carbons (Fsp3) is 0.950. The lowest BCUT2D eigenvalue weighted by Crippen LogP contribution is -2.30. The van der Waals surface area contributed by atoms with Crippen LogP contribution in [0.5, 0.6) is 0 Å². The summed E-state index contributed by atoms with van der Waals surface area (Å²) in [6.07, 6.45) is 59.5. The Morgan fingerprint density at radius 2 is 0.500 bits per heavy atom. The van der Waals surface area contributed by atoms with Crippen molar-refractivity contribution in [2.75, 3.05) is 13.2 Å². The van der Waals surface area contributed by atoms with Crippen LogP contribution in [0.1, 0.15) is 342 Å². The van der Waals surface area contributed by atoms with E-state index in [0.29, 0.717) is 19.3 Å². The Bertz CT molecular complexity index is 996. The first-order valence-corrected chi connectivity index (χ1v) is 29.9. The van der Waals surface area contributed by atoms with Crippen LogP contribution in [0, 0.1) is 5.92 Å². The van der Waals surface area contributed by atoms with E-state index in [1.807, 2.05) is 0 Å². The van der Waals surface area contributed by atoms with E-state index >= 15 is 0 Å². The molecule has 1 atom stereocenters. The number of ether oxygens (including phenoxy) is 3. The van der Waals surface area contributed by atoms with Crippen molar-refractivity contribution in [1.82, 2.24) is 0 Å². The van der Waals surface area contributed by atoms with Gasteiger partial charge < -0.3 is 14.2 Å². The summed E-state index contributed by atoms with van der Waals surface area (Å²) < 4.78 is 16.9. The van der Waals surface area contributed by atoms with Gasteiger partial charge in [0.1, 0.15) is 13.2 Å². The highest BCUT2D eigenvalue weighted by Gasteiger charge is 2.19. The van der Waals surface area contributed by atoms with Gasteiger partial charge in [0, 0.05) is 19.3 Å². The molecule has 0 aliphatic carbocycles. The van der Waals surface area contributed by atoms with Gasteiger partial charge in [0.15, 0.2) is 6.10 Å². The molecule has 0 bridgehead atoms. The maximum absolute atomic E-state index is 12.9. The molecule has 0 spiro atoms. The Morgan fingerprint density at radius 1 is 0.288 bits per heavy atom. The van der Waals surface area contributed by atoms with Crippen LogP contribution in [0.2, 0.25) is 0 Å². The number of unbranched alkanes of at least 4 members (excludes halogenated alkanes) is 42. The van der Waals surface area contributed by atoms with Crippen molar-refractivity contribution in [3.05, 3.63) is 0 Å². The van der Waals surface area contributed by atoms with Crippen molar-refractivity contribution in [1.29, 1.82) is 0 Å². The van der Waals surface area contributed by atoms with E-state index in [2.05, 4.69) is 27.7 Å². The fourth-order valence-electron chi connectivity index (χ4n) is 9.28. The van der Waals surface area contributed by atoms with Crippen LogP contribution < -0.4 is 0 Å². The first-order chi connectivity index (χ1) is 32.4. The van der Waals surface area contributed by atoms with E-state index in [0.717, 1.165) is 63.7 Å². The van der Waals surface area contributed by atoms with E-state index in [-0.39, 0.29) is 31.1 Å². The second-order valence-corrected chi connectivity index (χ2v) is 21.1. The van der Waals surface area contributed by atoms with E-state index in [1.54, 1.807) is 0 Å². The Labute approximate surface area is 412 Å². The van der Waals surface area contributed by atoms with Gasteiger partial charge in [-0.3, -0.25) is 14.4 Å². The molecule has 0 saturated heterocycles. The van der Waals surface area contributed by atoms with E-state index in [4.69, 9.17) is 14.2 Å². The highest BCUT2D eigenvalue weighted by molar-refractivity contribution is 5.71. The van der Waals surface area contributed by atoms with Gasteiger partial charge in [0.2, 0.25) is 0 Å². The molecule has 6 nitrogen and oxygen atoms in total. The summed E-state index contributed by atoms with van der Waals surface area (Å²) in [6.45, 7) is 9.07. The van der Waals surface area contributed by atoms with Crippen LogP contribution in [0.4, 0.5) is 0 Å². The Hall–Kier alpha value is -1.59. The lowest BCUT2D eigenvalue weighted by atomic mass is 10.0. The van der Waals surface area contributed by atoms with Crippen molar-refractivity contribution < 1.29 is 28.6 Å². The van der Waals surface area contributed by atoms with Gasteiger partial charge in [0.05, 0.1) is 0 Å². The van der Waals surface area contributed by atoms with Gasteiger partial charge in [-0.05, 0) is 25.2 Å². The molecule has 0 saturated carbocycles. The zero-order valence-corrected chi connectivity index (χ0v) is 45.2. The number of carbonyl (C=O) groups is 3. The number of hydrogen-bond acceptors (Lipinski definition) is 6. The molecule has 392 valence electrons. The Morgan fingerprint density at radius 3 is 0.742 bits per heavy atom. The first kappa shape index (κ1) is 64.4. The third-order valence-corrected chi connectivity index (χ3v) is 13.8. The largest absolute Gasteiger partial charge is 0.462 e. The molecular weight excluding hydrogens is 817 g/mol. The fourth-order valence-corrected chi connectivity index (χ4v) is 9.28. The molecule has 66 heavy (non-hydrogen) atoms. The number of rotatable bonds is 55. The summed E-state index contributed by atoms with van der Waals surface area (Å²) in [5.74, 6) is 0.0191.